The zero-order valence-electron chi connectivity index (χ0n) is 7.70. The molecule has 0 atom stereocenters. The summed E-state index contributed by atoms with van der Waals surface area (Å²) in [5, 5.41) is 10.7. The van der Waals surface area contributed by atoms with Crippen LogP contribution in [0.3, 0.4) is 0 Å². The van der Waals surface area contributed by atoms with Gasteiger partial charge in [0.15, 0.2) is 5.82 Å². The van der Waals surface area contributed by atoms with Crippen LogP contribution in [0.1, 0.15) is 19.5 Å². The minimum atomic E-state index is 0.579. The van der Waals surface area contributed by atoms with E-state index >= 15 is 0 Å². The number of anilines is 1. The lowest BCUT2D eigenvalue weighted by Crippen LogP contribution is -2.05. The Morgan fingerprint density at radius 2 is 2.25 bits per heavy atom. The molecule has 0 saturated carbocycles. The van der Waals surface area contributed by atoms with E-state index in [1.165, 1.54) is 6.33 Å². The Kier molecular flexibility index (Phi) is 2.96. The number of rotatable bonds is 3. The smallest absolute Gasteiger partial charge is 0.151 e. The summed E-state index contributed by atoms with van der Waals surface area (Å²) in [6.45, 7) is 4.29. The van der Waals surface area contributed by atoms with Crippen LogP contribution in [0.25, 0.3) is 0 Å². The van der Waals surface area contributed by atoms with E-state index in [-0.39, 0.29) is 0 Å². The maximum atomic E-state index is 4.07. The fourth-order valence-electron chi connectivity index (χ4n) is 1.03. The molecule has 0 bridgehead atoms. The zero-order valence-corrected chi connectivity index (χ0v) is 7.70. The quantitative estimate of drug-likeness (QED) is 0.730. The molecule has 1 aromatic heterocycles. The second-order valence-corrected chi connectivity index (χ2v) is 3.10. The minimum absolute atomic E-state index is 0.579. The molecular weight excluding hydrogens is 152 g/mol. The molecule has 12 heavy (non-hydrogen) atoms. The first-order valence-corrected chi connectivity index (χ1v) is 4.08. The van der Waals surface area contributed by atoms with E-state index in [4.69, 9.17) is 0 Å². The van der Waals surface area contributed by atoms with Crippen molar-refractivity contribution in [3.63, 3.8) is 0 Å². The highest BCUT2D eigenvalue weighted by Crippen LogP contribution is 2.11. The van der Waals surface area contributed by atoms with Gasteiger partial charge in [0.25, 0.3) is 0 Å². The maximum absolute atomic E-state index is 4.07. The molecule has 0 unspecified atom stereocenters. The van der Waals surface area contributed by atoms with Gasteiger partial charge in [0.1, 0.15) is 12.0 Å². The molecule has 1 aromatic rings. The SMILES string of the molecule is CNc1ncnnc1CC(C)C. The van der Waals surface area contributed by atoms with Gasteiger partial charge in [-0.3, -0.25) is 0 Å². The number of nitrogens with one attached hydrogen (secondary N) is 1. The van der Waals surface area contributed by atoms with E-state index in [1.807, 2.05) is 7.05 Å². The molecule has 0 spiro atoms. The average Bonchev–Trinajstić information content (AvgIpc) is 2.04. The second kappa shape index (κ2) is 3.99. The summed E-state index contributed by atoms with van der Waals surface area (Å²) in [6, 6.07) is 0. The van der Waals surface area contributed by atoms with E-state index < -0.39 is 0 Å². The van der Waals surface area contributed by atoms with Crippen LogP contribution < -0.4 is 5.32 Å². The average molecular weight is 166 g/mol. The number of hydrogen-bond acceptors (Lipinski definition) is 4. The van der Waals surface area contributed by atoms with Gasteiger partial charge in [0.05, 0.1) is 0 Å². The molecule has 0 radical (unpaired) electrons. The summed E-state index contributed by atoms with van der Waals surface area (Å²) < 4.78 is 0. The maximum Gasteiger partial charge on any atom is 0.151 e. The lowest BCUT2D eigenvalue weighted by atomic mass is 10.1. The van der Waals surface area contributed by atoms with E-state index in [0.29, 0.717) is 5.92 Å². The second-order valence-electron chi connectivity index (χ2n) is 3.10. The third kappa shape index (κ3) is 2.15. The van der Waals surface area contributed by atoms with Crippen LogP contribution in [-0.4, -0.2) is 22.2 Å². The monoisotopic (exact) mass is 166 g/mol. The summed E-state index contributed by atoms with van der Waals surface area (Å²) in [6.07, 6.45) is 2.37. The number of hydrogen-bond donors (Lipinski definition) is 1. The number of nitrogens with zero attached hydrogens (tertiary/aromatic N) is 3. The Bertz CT molecular complexity index is 247. The summed E-state index contributed by atoms with van der Waals surface area (Å²) in [7, 11) is 1.84. The highest BCUT2D eigenvalue weighted by Gasteiger charge is 2.05. The van der Waals surface area contributed by atoms with Gasteiger partial charge in [0, 0.05) is 7.05 Å². The van der Waals surface area contributed by atoms with Crippen molar-refractivity contribution < 1.29 is 0 Å². The van der Waals surface area contributed by atoms with Crippen molar-refractivity contribution in [1.82, 2.24) is 15.2 Å². The van der Waals surface area contributed by atoms with Crippen LogP contribution in [0.5, 0.6) is 0 Å². The first kappa shape index (κ1) is 8.90. The third-order valence-electron chi connectivity index (χ3n) is 1.53. The van der Waals surface area contributed by atoms with Crippen molar-refractivity contribution >= 4 is 5.82 Å². The van der Waals surface area contributed by atoms with Crippen LogP contribution in [0.4, 0.5) is 5.82 Å². The Morgan fingerprint density at radius 1 is 1.50 bits per heavy atom. The van der Waals surface area contributed by atoms with Gasteiger partial charge in [-0.15, -0.1) is 5.10 Å². The van der Waals surface area contributed by atoms with E-state index in [0.717, 1.165) is 17.9 Å². The molecule has 0 aliphatic carbocycles. The van der Waals surface area contributed by atoms with Crippen molar-refractivity contribution in [1.29, 1.82) is 0 Å². The van der Waals surface area contributed by atoms with Crippen LogP contribution in [0, 0.1) is 5.92 Å². The molecule has 0 aliphatic rings. The highest BCUT2D eigenvalue weighted by atomic mass is 15.2. The van der Waals surface area contributed by atoms with Crippen molar-refractivity contribution in [2.45, 2.75) is 20.3 Å². The van der Waals surface area contributed by atoms with Gasteiger partial charge in [-0.05, 0) is 12.3 Å². The predicted molar refractivity (Wildman–Crippen MR) is 47.9 cm³/mol. The highest BCUT2D eigenvalue weighted by molar-refractivity contribution is 5.37. The van der Waals surface area contributed by atoms with Gasteiger partial charge in [-0.1, -0.05) is 13.8 Å². The summed E-state index contributed by atoms with van der Waals surface area (Å²) in [5.41, 5.74) is 0.940. The summed E-state index contributed by atoms with van der Waals surface area (Å²) in [4.78, 5) is 4.07. The van der Waals surface area contributed by atoms with Crippen LogP contribution in [-0.2, 0) is 6.42 Å². The fourth-order valence-corrected chi connectivity index (χ4v) is 1.03. The fraction of sp³-hybridized carbons (Fsp3) is 0.625. The molecular formula is C8H14N4. The molecule has 1 rings (SSSR count). The predicted octanol–water partition coefficient (Wildman–Crippen LogP) is 1.11. The van der Waals surface area contributed by atoms with Gasteiger partial charge in [0.2, 0.25) is 0 Å². The van der Waals surface area contributed by atoms with Crippen LogP contribution >= 0.6 is 0 Å². The molecule has 1 heterocycles. The van der Waals surface area contributed by atoms with E-state index in [9.17, 15) is 0 Å². The molecule has 0 amide bonds. The van der Waals surface area contributed by atoms with Gasteiger partial charge < -0.3 is 5.32 Å². The Labute approximate surface area is 72.4 Å². The molecule has 4 nitrogen and oxygen atoms in total. The van der Waals surface area contributed by atoms with Gasteiger partial charge in [-0.2, -0.15) is 5.10 Å². The topological polar surface area (TPSA) is 50.7 Å². The molecule has 0 saturated heterocycles. The Hall–Kier alpha value is -1.19. The first-order chi connectivity index (χ1) is 5.74. The van der Waals surface area contributed by atoms with Crippen molar-refractivity contribution in [2.75, 3.05) is 12.4 Å². The van der Waals surface area contributed by atoms with E-state index in [1.54, 1.807) is 0 Å². The molecule has 0 aromatic carbocycles. The van der Waals surface area contributed by atoms with Crippen LogP contribution in [0.2, 0.25) is 0 Å². The third-order valence-corrected chi connectivity index (χ3v) is 1.53. The van der Waals surface area contributed by atoms with Crippen molar-refractivity contribution in [3.8, 4) is 0 Å². The van der Waals surface area contributed by atoms with Crippen LogP contribution in [0.15, 0.2) is 6.33 Å². The van der Waals surface area contributed by atoms with Crippen molar-refractivity contribution in [3.05, 3.63) is 12.0 Å². The standard InChI is InChI=1S/C8H14N4/c1-6(2)4-7-8(9-3)10-5-11-12-7/h5-6H,4H2,1-3H3,(H,9,10,11). The molecule has 4 heteroatoms. The lowest BCUT2D eigenvalue weighted by Gasteiger charge is -2.06. The minimum Gasteiger partial charge on any atom is -0.372 e. The normalized spacial score (nSPS) is 10.3. The lowest BCUT2D eigenvalue weighted by molar-refractivity contribution is 0.625. The van der Waals surface area contributed by atoms with Gasteiger partial charge >= 0.3 is 0 Å². The molecule has 0 aliphatic heterocycles. The van der Waals surface area contributed by atoms with Gasteiger partial charge in [-0.25, -0.2) is 4.98 Å². The zero-order chi connectivity index (χ0) is 8.97. The summed E-state index contributed by atoms with van der Waals surface area (Å²) in [5.74, 6) is 1.41. The largest absolute Gasteiger partial charge is 0.372 e. The van der Waals surface area contributed by atoms with Crippen molar-refractivity contribution in [2.24, 2.45) is 5.92 Å². The Morgan fingerprint density at radius 3 is 2.83 bits per heavy atom. The number of aromatic nitrogens is 3. The molecule has 1 N–H and O–H groups in total. The molecule has 66 valence electrons. The molecule has 0 fully saturated rings. The first-order valence-electron chi connectivity index (χ1n) is 4.08. The Balaban J connectivity index is 2.82. The summed E-state index contributed by atoms with van der Waals surface area (Å²) >= 11 is 0. The van der Waals surface area contributed by atoms with E-state index in [2.05, 4.69) is 34.3 Å².